The van der Waals surface area contributed by atoms with Crippen LogP contribution in [0.1, 0.15) is 55.2 Å². The zero-order chi connectivity index (χ0) is 21.8. The van der Waals surface area contributed by atoms with Gasteiger partial charge in [-0.25, -0.2) is 0 Å². The van der Waals surface area contributed by atoms with Gasteiger partial charge in [-0.15, -0.1) is 0 Å². The van der Waals surface area contributed by atoms with Crippen molar-refractivity contribution in [2.24, 2.45) is 23.2 Å². The predicted octanol–water partition coefficient (Wildman–Crippen LogP) is 5.29. The smallest absolute Gasteiger partial charge is 0.174 e. The summed E-state index contributed by atoms with van der Waals surface area (Å²) in [5.41, 5.74) is 3.99. The Balaban J connectivity index is 1.25. The molecule has 4 heteroatoms. The molecule has 0 N–H and O–H groups in total. The van der Waals surface area contributed by atoms with Gasteiger partial charge >= 0.3 is 0 Å². The summed E-state index contributed by atoms with van der Waals surface area (Å²) in [5, 5.41) is 0. The van der Waals surface area contributed by atoms with Crippen molar-refractivity contribution in [3.63, 3.8) is 0 Å². The van der Waals surface area contributed by atoms with Gasteiger partial charge in [-0.1, -0.05) is 43.3 Å². The van der Waals surface area contributed by atoms with Crippen LogP contribution in [0.5, 0.6) is 5.75 Å². The van der Waals surface area contributed by atoms with Crippen molar-refractivity contribution >= 4 is 6.29 Å². The van der Waals surface area contributed by atoms with Crippen LogP contribution in [0.25, 0.3) is 0 Å². The molecule has 2 aromatic rings. The Morgan fingerprint density at radius 2 is 1.91 bits per heavy atom. The molecule has 168 valence electrons. The third-order valence-corrected chi connectivity index (χ3v) is 8.96. The normalized spacial score (nSPS) is 34.5. The number of carbonyl (C=O) groups excluding carboxylic acids is 1. The molecule has 2 saturated carbocycles. The van der Waals surface area contributed by atoms with Gasteiger partial charge in [0.25, 0.3) is 0 Å². The molecular weight excluding hydrogens is 400 g/mol. The molecule has 0 bridgehead atoms. The molecule has 3 fully saturated rings. The van der Waals surface area contributed by atoms with Crippen molar-refractivity contribution in [2.45, 2.75) is 57.3 Å². The minimum atomic E-state index is -0.552. The second-order valence-corrected chi connectivity index (χ2v) is 10.4. The van der Waals surface area contributed by atoms with Gasteiger partial charge in [-0.05, 0) is 72.3 Å². The highest BCUT2D eigenvalue weighted by atomic mass is 16.7. The number of ether oxygens (including phenoxy) is 3. The molecule has 4 nitrogen and oxygen atoms in total. The standard InChI is InChI=1S/C28H32O4/c1-27-12-11-24-23-10-8-22(30-18-19-5-3-2-4-6-19)15-20(23)7-9-25(24)26(27)21(17-29)16-28(27)31-13-14-32-28/h2-6,8,10,15,17,21,24-26H,7,9,11-14,16,18H2,1H3/t21-,24-,25-,26+,27+/m1/s1. The average molecular weight is 433 g/mol. The Morgan fingerprint density at radius 3 is 2.69 bits per heavy atom. The van der Waals surface area contributed by atoms with Crippen molar-refractivity contribution in [1.29, 1.82) is 0 Å². The summed E-state index contributed by atoms with van der Waals surface area (Å²) in [7, 11) is 0. The van der Waals surface area contributed by atoms with E-state index in [0.717, 1.165) is 37.9 Å². The highest BCUT2D eigenvalue weighted by Gasteiger charge is 2.68. The van der Waals surface area contributed by atoms with Gasteiger partial charge in [-0.2, -0.15) is 0 Å². The fourth-order valence-electron chi connectivity index (χ4n) is 7.58. The van der Waals surface area contributed by atoms with Crippen LogP contribution < -0.4 is 4.74 Å². The summed E-state index contributed by atoms with van der Waals surface area (Å²) >= 11 is 0. The molecule has 1 heterocycles. The fraction of sp³-hybridized carbons (Fsp3) is 0.536. The van der Waals surface area contributed by atoms with Crippen LogP contribution in [0.3, 0.4) is 0 Å². The van der Waals surface area contributed by atoms with Crippen LogP contribution in [0, 0.1) is 23.2 Å². The minimum absolute atomic E-state index is 0.0286. The first-order valence-corrected chi connectivity index (χ1v) is 12.2. The Kier molecular flexibility index (Phi) is 4.92. The van der Waals surface area contributed by atoms with Crippen LogP contribution >= 0.6 is 0 Å². The molecule has 0 amide bonds. The van der Waals surface area contributed by atoms with E-state index >= 15 is 0 Å². The first-order chi connectivity index (χ1) is 15.6. The Hall–Kier alpha value is -2.17. The van der Waals surface area contributed by atoms with E-state index in [1.807, 2.05) is 18.2 Å². The number of rotatable bonds is 4. The van der Waals surface area contributed by atoms with E-state index in [-0.39, 0.29) is 11.3 Å². The Bertz CT molecular complexity index is 996. The summed E-state index contributed by atoms with van der Waals surface area (Å²) in [4.78, 5) is 12.2. The lowest BCUT2D eigenvalue weighted by Gasteiger charge is -2.53. The van der Waals surface area contributed by atoms with Crippen LogP contribution in [0.2, 0.25) is 0 Å². The largest absolute Gasteiger partial charge is 0.489 e. The molecule has 1 saturated heterocycles. The molecule has 1 aliphatic heterocycles. The van der Waals surface area contributed by atoms with Gasteiger partial charge in [-0.3, -0.25) is 0 Å². The molecule has 6 rings (SSSR count). The topological polar surface area (TPSA) is 44.8 Å². The fourth-order valence-corrected chi connectivity index (χ4v) is 7.58. The monoisotopic (exact) mass is 432 g/mol. The van der Waals surface area contributed by atoms with Crippen molar-refractivity contribution in [3.05, 3.63) is 65.2 Å². The summed E-state index contributed by atoms with van der Waals surface area (Å²) in [6, 6.07) is 17.0. The molecule has 0 unspecified atom stereocenters. The van der Waals surface area contributed by atoms with E-state index < -0.39 is 5.79 Å². The number of fused-ring (bicyclic) bond motifs is 6. The zero-order valence-corrected chi connectivity index (χ0v) is 18.8. The lowest BCUT2D eigenvalue weighted by Crippen LogP contribution is -2.51. The molecule has 3 aliphatic carbocycles. The van der Waals surface area contributed by atoms with E-state index in [9.17, 15) is 4.79 Å². The predicted molar refractivity (Wildman–Crippen MR) is 121 cm³/mol. The van der Waals surface area contributed by atoms with Crippen LogP contribution in [-0.2, 0) is 27.3 Å². The maximum Gasteiger partial charge on any atom is 0.174 e. The summed E-state index contributed by atoms with van der Waals surface area (Å²) in [5.74, 6) is 1.78. The van der Waals surface area contributed by atoms with Gasteiger partial charge in [0.05, 0.1) is 13.2 Å². The maximum atomic E-state index is 12.2. The number of aryl methyl sites for hydroxylation is 1. The van der Waals surface area contributed by atoms with Crippen LogP contribution in [-0.4, -0.2) is 25.3 Å². The summed E-state index contributed by atoms with van der Waals surface area (Å²) < 4.78 is 18.6. The van der Waals surface area contributed by atoms with E-state index in [4.69, 9.17) is 14.2 Å². The number of hydrogen-bond donors (Lipinski definition) is 0. The van der Waals surface area contributed by atoms with Crippen molar-refractivity contribution in [1.82, 2.24) is 0 Å². The molecule has 4 aliphatic rings. The van der Waals surface area contributed by atoms with Gasteiger partial charge in [0.1, 0.15) is 18.6 Å². The number of carbonyl (C=O) groups is 1. The lowest BCUT2D eigenvalue weighted by molar-refractivity contribution is -0.237. The average Bonchev–Trinajstić information content (AvgIpc) is 3.41. The van der Waals surface area contributed by atoms with Gasteiger partial charge in [0.2, 0.25) is 0 Å². The Labute approximate surface area is 190 Å². The van der Waals surface area contributed by atoms with E-state index in [2.05, 4.69) is 37.3 Å². The first kappa shape index (κ1) is 20.4. The SMILES string of the molecule is C[C@]12CC[C@@H]3c4ccc(OCc5ccccc5)cc4CC[C@H]3[C@@H]1[C@@H](C=O)CC21OCCO1. The molecule has 2 aromatic carbocycles. The van der Waals surface area contributed by atoms with Crippen LogP contribution in [0.4, 0.5) is 0 Å². The second-order valence-electron chi connectivity index (χ2n) is 10.4. The molecule has 5 atom stereocenters. The van der Waals surface area contributed by atoms with Crippen LogP contribution in [0.15, 0.2) is 48.5 Å². The quantitative estimate of drug-likeness (QED) is 0.616. The Morgan fingerprint density at radius 1 is 1.09 bits per heavy atom. The van der Waals surface area contributed by atoms with E-state index in [1.165, 1.54) is 23.0 Å². The zero-order valence-electron chi connectivity index (χ0n) is 18.8. The molecule has 0 aromatic heterocycles. The molecule has 1 spiro atoms. The summed E-state index contributed by atoms with van der Waals surface area (Å²) in [6.07, 6.45) is 6.28. The summed E-state index contributed by atoms with van der Waals surface area (Å²) in [6.45, 7) is 4.22. The lowest BCUT2D eigenvalue weighted by atomic mass is 9.53. The molecule has 32 heavy (non-hydrogen) atoms. The van der Waals surface area contributed by atoms with Crippen molar-refractivity contribution < 1.29 is 19.0 Å². The molecule has 0 radical (unpaired) electrons. The third kappa shape index (κ3) is 2.99. The third-order valence-electron chi connectivity index (χ3n) is 8.96. The highest BCUT2D eigenvalue weighted by Crippen LogP contribution is 2.67. The van der Waals surface area contributed by atoms with Gasteiger partial charge in [0.15, 0.2) is 5.79 Å². The number of aldehydes is 1. The van der Waals surface area contributed by atoms with Gasteiger partial charge < -0.3 is 19.0 Å². The van der Waals surface area contributed by atoms with E-state index in [1.54, 1.807) is 0 Å². The van der Waals surface area contributed by atoms with E-state index in [0.29, 0.717) is 37.6 Å². The van der Waals surface area contributed by atoms with Crippen molar-refractivity contribution in [3.8, 4) is 5.75 Å². The maximum absolute atomic E-state index is 12.2. The number of hydrogen-bond acceptors (Lipinski definition) is 4. The number of benzene rings is 2. The minimum Gasteiger partial charge on any atom is -0.489 e. The van der Waals surface area contributed by atoms with Crippen molar-refractivity contribution in [2.75, 3.05) is 13.2 Å². The molecular formula is C28H32O4. The first-order valence-electron chi connectivity index (χ1n) is 12.2. The van der Waals surface area contributed by atoms with Gasteiger partial charge in [0, 0.05) is 17.8 Å². The highest BCUT2D eigenvalue weighted by molar-refractivity contribution is 5.57. The second kappa shape index (κ2) is 7.71.